The van der Waals surface area contributed by atoms with Crippen molar-refractivity contribution in [3.8, 4) is 0 Å². The van der Waals surface area contributed by atoms with Crippen LogP contribution in [0.2, 0.25) is 0 Å². The van der Waals surface area contributed by atoms with E-state index in [0.717, 1.165) is 28.1 Å². The summed E-state index contributed by atoms with van der Waals surface area (Å²) in [4.78, 5) is 0. The first-order valence-electron chi connectivity index (χ1n) is 7.25. The fourth-order valence-corrected chi connectivity index (χ4v) is 3.01. The first-order valence-corrected chi connectivity index (χ1v) is 8.22. The van der Waals surface area contributed by atoms with Gasteiger partial charge in [0.15, 0.2) is 0 Å². The van der Waals surface area contributed by atoms with Crippen molar-refractivity contribution in [2.24, 2.45) is 5.92 Å². The Kier molecular flexibility index (Phi) is 6.88. The van der Waals surface area contributed by atoms with Gasteiger partial charge in [0, 0.05) is 11.1 Å². The molecule has 0 radical (unpaired) electrons. The topological polar surface area (TPSA) is 4.93 Å². The summed E-state index contributed by atoms with van der Waals surface area (Å²) in [6, 6.07) is 0. The lowest BCUT2D eigenvalue weighted by atomic mass is 10.0. The van der Waals surface area contributed by atoms with Gasteiger partial charge in [-0.2, -0.15) is 0 Å². The average molecular weight is 405 g/mol. The highest BCUT2D eigenvalue weighted by Gasteiger charge is 2.16. The number of hydrogen-bond acceptors (Lipinski definition) is 0. The van der Waals surface area contributed by atoms with Crippen LogP contribution in [-0.4, -0.2) is 2.78 Å². The highest BCUT2D eigenvalue weighted by Crippen LogP contribution is 2.32. The van der Waals surface area contributed by atoms with Crippen molar-refractivity contribution < 1.29 is 0 Å². The molecule has 0 aromatic carbocycles. The normalized spacial score (nSPS) is 12.4. The van der Waals surface area contributed by atoms with E-state index in [4.69, 9.17) is 0 Å². The Morgan fingerprint density at radius 2 is 1.45 bits per heavy atom. The molecule has 1 aromatic heterocycles. The van der Waals surface area contributed by atoms with Crippen LogP contribution in [0.25, 0.3) is 24.3 Å². The van der Waals surface area contributed by atoms with Gasteiger partial charge < -0.3 is 0 Å². The molecule has 22 heavy (non-hydrogen) atoms. The molecular weight excluding hydrogens is 381 g/mol. The molecule has 0 bridgehead atoms. The Balaban J connectivity index is 3.73. The first-order chi connectivity index (χ1) is 10.4. The molecule has 0 saturated heterocycles. The molecule has 0 aliphatic carbocycles. The summed E-state index contributed by atoms with van der Waals surface area (Å²) in [5.74, 6) is 0.419. The van der Waals surface area contributed by atoms with Crippen LogP contribution >= 0.6 is 22.9 Å². The SMILES string of the molecule is C=C/C(C)=C\c1c(C=C)c(C=C)c(/C=C(\C=C)C(C)C)n1I. The minimum atomic E-state index is 0.419. The molecule has 0 spiro atoms. The third-order valence-electron chi connectivity index (χ3n) is 3.57. The van der Waals surface area contributed by atoms with Crippen LogP contribution in [0.3, 0.4) is 0 Å². The molecule has 2 heteroatoms. The second-order valence-electron chi connectivity index (χ2n) is 5.38. The standard InChI is InChI=1S/C20H24IN/c1-8-15(7)12-19-17(10-3)18(11-4)20(22(19)21)13-16(9-2)14(5)6/h8-14H,1-4H2,5-7H3/b15-12-,16-13+. The van der Waals surface area contributed by atoms with Gasteiger partial charge in [-0.05, 0) is 36.1 Å². The summed E-state index contributed by atoms with van der Waals surface area (Å²) in [5.41, 5.74) is 6.69. The Morgan fingerprint density at radius 1 is 0.955 bits per heavy atom. The molecule has 0 aliphatic heterocycles. The van der Waals surface area contributed by atoms with Crippen molar-refractivity contribution in [2.45, 2.75) is 20.8 Å². The number of aromatic nitrogens is 1. The smallest absolute Gasteiger partial charge is 0.0646 e. The number of hydrogen-bond donors (Lipinski definition) is 0. The second-order valence-corrected chi connectivity index (χ2v) is 6.35. The van der Waals surface area contributed by atoms with E-state index in [1.54, 1.807) is 0 Å². The number of nitrogens with zero attached hydrogens (tertiary/aromatic N) is 1. The molecule has 0 aliphatic rings. The molecule has 0 amide bonds. The lowest BCUT2D eigenvalue weighted by Crippen LogP contribution is -1.93. The molecule has 0 saturated carbocycles. The molecule has 0 unspecified atom stereocenters. The van der Waals surface area contributed by atoms with Gasteiger partial charge in [0.05, 0.1) is 34.3 Å². The second kappa shape index (κ2) is 8.18. The maximum absolute atomic E-state index is 3.97. The molecule has 1 heterocycles. The van der Waals surface area contributed by atoms with Gasteiger partial charge in [-0.15, -0.1) is 0 Å². The van der Waals surface area contributed by atoms with Crippen LogP contribution in [0, 0.1) is 5.92 Å². The van der Waals surface area contributed by atoms with Crippen LogP contribution in [-0.2, 0) is 0 Å². The molecule has 1 rings (SSSR count). The Morgan fingerprint density at radius 3 is 1.82 bits per heavy atom. The largest absolute Gasteiger partial charge is 0.282 e. The summed E-state index contributed by atoms with van der Waals surface area (Å²) in [6.45, 7) is 22.1. The van der Waals surface area contributed by atoms with Crippen molar-refractivity contribution in [1.29, 1.82) is 0 Å². The van der Waals surface area contributed by atoms with Gasteiger partial charge in [0.1, 0.15) is 0 Å². The Hall–Kier alpha value is -1.55. The fourth-order valence-electron chi connectivity index (χ4n) is 2.21. The Labute approximate surface area is 148 Å². The average Bonchev–Trinajstić information content (AvgIpc) is 2.75. The quantitative estimate of drug-likeness (QED) is 0.348. The summed E-state index contributed by atoms with van der Waals surface area (Å²) >= 11 is 2.32. The summed E-state index contributed by atoms with van der Waals surface area (Å²) < 4.78 is 2.14. The zero-order valence-corrected chi connectivity index (χ0v) is 15.9. The van der Waals surface area contributed by atoms with Crippen molar-refractivity contribution in [2.75, 3.05) is 0 Å². The maximum Gasteiger partial charge on any atom is 0.0646 e. The Bertz CT molecular complexity index is 666. The van der Waals surface area contributed by atoms with Crippen LogP contribution in [0.1, 0.15) is 43.3 Å². The summed E-state index contributed by atoms with van der Waals surface area (Å²) in [5, 5.41) is 0. The molecule has 0 N–H and O–H groups in total. The van der Waals surface area contributed by atoms with Crippen molar-refractivity contribution >= 4 is 47.2 Å². The molecule has 116 valence electrons. The molecule has 0 atom stereocenters. The number of rotatable bonds is 7. The zero-order valence-electron chi connectivity index (χ0n) is 13.7. The van der Waals surface area contributed by atoms with E-state index in [9.17, 15) is 0 Å². The monoisotopic (exact) mass is 405 g/mol. The van der Waals surface area contributed by atoms with Crippen LogP contribution in [0.5, 0.6) is 0 Å². The third kappa shape index (κ3) is 3.80. The number of allylic oxidation sites excluding steroid dienone is 4. The minimum absolute atomic E-state index is 0.419. The van der Waals surface area contributed by atoms with Gasteiger partial charge >= 0.3 is 0 Å². The fraction of sp³-hybridized carbons (Fsp3) is 0.200. The van der Waals surface area contributed by atoms with E-state index in [-0.39, 0.29) is 0 Å². The van der Waals surface area contributed by atoms with E-state index in [1.165, 1.54) is 5.57 Å². The van der Waals surface area contributed by atoms with E-state index in [1.807, 2.05) is 31.2 Å². The van der Waals surface area contributed by atoms with Crippen LogP contribution < -0.4 is 0 Å². The van der Waals surface area contributed by atoms with Gasteiger partial charge in [0.2, 0.25) is 0 Å². The molecule has 0 fully saturated rings. The van der Waals surface area contributed by atoms with E-state index in [0.29, 0.717) is 5.92 Å². The lowest BCUT2D eigenvalue weighted by Gasteiger charge is -2.07. The molecule has 1 aromatic rings. The molecular formula is C20H24IN. The van der Waals surface area contributed by atoms with Crippen molar-refractivity contribution in [3.63, 3.8) is 0 Å². The van der Waals surface area contributed by atoms with Crippen LogP contribution in [0.4, 0.5) is 0 Å². The van der Waals surface area contributed by atoms with E-state index in [2.05, 4.69) is 78.0 Å². The summed E-state index contributed by atoms with van der Waals surface area (Å²) in [7, 11) is 0. The van der Waals surface area contributed by atoms with Gasteiger partial charge in [0.25, 0.3) is 0 Å². The lowest BCUT2D eigenvalue weighted by molar-refractivity contribution is 0.797. The van der Waals surface area contributed by atoms with Crippen molar-refractivity contribution in [1.82, 2.24) is 2.78 Å². The minimum Gasteiger partial charge on any atom is -0.282 e. The summed E-state index contributed by atoms with van der Waals surface area (Å²) in [6.07, 6.45) is 11.8. The van der Waals surface area contributed by atoms with Gasteiger partial charge in [-0.3, -0.25) is 2.78 Å². The predicted molar refractivity (Wildman–Crippen MR) is 111 cm³/mol. The van der Waals surface area contributed by atoms with Crippen molar-refractivity contribution in [3.05, 3.63) is 72.1 Å². The zero-order chi connectivity index (χ0) is 16.9. The van der Waals surface area contributed by atoms with E-state index < -0.39 is 0 Å². The van der Waals surface area contributed by atoms with Crippen LogP contribution in [0.15, 0.2) is 49.6 Å². The highest BCUT2D eigenvalue weighted by molar-refractivity contribution is 14.1. The first kappa shape index (κ1) is 18.5. The maximum atomic E-state index is 3.97. The van der Waals surface area contributed by atoms with Gasteiger partial charge in [-0.1, -0.05) is 64.5 Å². The molecule has 1 nitrogen and oxygen atoms in total. The predicted octanol–water partition coefficient (Wildman–Crippen LogP) is 6.79. The number of halogens is 1. The van der Waals surface area contributed by atoms with E-state index >= 15 is 0 Å². The van der Waals surface area contributed by atoms with Gasteiger partial charge in [-0.25, -0.2) is 0 Å². The third-order valence-corrected chi connectivity index (χ3v) is 4.60. The highest BCUT2D eigenvalue weighted by atomic mass is 127.